The SMILES string of the molecule is Cc1cc(C(N)=S)nc(NC(C)c2ccccc2F)n1. The van der Waals surface area contributed by atoms with E-state index in [9.17, 15) is 4.39 Å². The molecule has 3 N–H and O–H groups in total. The van der Waals surface area contributed by atoms with Gasteiger partial charge in [0.05, 0.1) is 6.04 Å². The third kappa shape index (κ3) is 3.27. The van der Waals surface area contributed by atoms with Crippen molar-refractivity contribution in [3.8, 4) is 0 Å². The van der Waals surface area contributed by atoms with Crippen LogP contribution >= 0.6 is 12.2 Å². The summed E-state index contributed by atoms with van der Waals surface area (Å²) in [4.78, 5) is 8.67. The van der Waals surface area contributed by atoms with E-state index in [2.05, 4.69) is 15.3 Å². The first-order chi connectivity index (χ1) is 9.47. The van der Waals surface area contributed by atoms with Gasteiger partial charge in [0.1, 0.15) is 16.5 Å². The largest absolute Gasteiger partial charge is 0.388 e. The van der Waals surface area contributed by atoms with Gasteiger partial charge in [0, 0.05) is 11.3 Å². The fourth-order valence-electron chi connectivity index (χ4n) is 1.86. The third-order valence-electron chi connectivity index (χ3n) is 2.82. The Morgan fingerprint density at radius 2 is 2.05 bits per heavy atom. The molecule has 1 aromatic carbocycles. The Bertz CT molecular complexity index is 645. The molecule has 1 atom stereocenters. The van der Waals surface area contributed by atoms with E-state index in [4.69, 9.17) is 18.0 Å². The molecule has 6 heteroatoms. The lowest BCUT2D eigenvalue weighted by molar-refractivity contribution is 0.599. The fraction of sp³-hybridized carbons (Fsp3) is 0.214. The minimum atomic E-state index is -0.269. The van der Waals surface area contributed by atoms with E-state index in [1.54, 1.807) is 24.3 Å². The fourth-order valence-corrected chi connectivity index (χ4v) is 1.96. The summed E-state index contributed by atoms with van der Waals surface area (Å²) in [5.74, 6) is 0.110. The number of aryl methyl sites for hydroxylation is 1. The van der Waals surface area contributed by atoms with Gasteiger partial charge in [-0.1, -0.05) is 30.4 Å². The topological polar surface area (TPSA) is 63.8 Å². The molecule has 0 spiro atoms. The number of hydrogen-bond donors (Lipinski definition) is 2. The van der Waals surface area contributed by atoms with Crippen molar-refractivity contribution < 1.29 is 4.39 Å². The van der Waals surface area contributed by atoms with Crippen molar-refractivity contribution in [2.24, 2.45) is 5.73 Å². The molecule has 0 bridgehead atoms. The maximum Gasteiger partial charge on any atom is 0.224 e. The molecular formula is C14H15FN4S. The van der Waals surface area contributed by atoms with E-state index in [1.807, 2.05) is 13.8 Å². The van der Waals surface area contributed by atoms with Crippen molar-refractivity contribution in [3.63, 3.8) is 0 Å². The Labute approximate surface area is 122 Å². The van der Waals surface area contributed by atoms with E-state index in [0.717, 1.165) is 5.69 Å². The zero-order chi connectivity index (χ0) is 14.7. The number of anilines is 1. The summed E-state index contributed by atoms with van der Waals surface area (Å²) in [7, 11) is 0. The molecule has 20 heavy (non-hydrogen) atoms. The van der Waals surface area contributed by atoms with Crippen LogP contribution in [-0.2, 0) is 0 Å². The molecule has 0 aliphatic heterocycles. The van der Waals surface area contributed by atoms with E-state index in [-0.39, 0.29) is 16.8 Å². The summed E-state index contributed by atoms with van der Waals surface area (Å²) in [6.45, 7) is 3.66. The molecule has 2 aromatic rings. The lowest BCUT2D eigenvalue weighted by Gasteiger charge is -2.15. The van der Waals surface area contributed by atoms with Crippen LogP contribution in [0, 0.1) is 12.7 Å². The molecule has 0 aliphatic rings. The van der Waals surface area contributed by atoms with Crippen LogP contribution < -0.4 is 11.1 Å². The first kappa shape index (κ1) is 14.3. The molecule has 1 aromatic heterocycles. The van der Waals surface area contributed by atoms with Crippen molar-refractivity contribution >= 4 is 23.2 Å². The molecule has 0 radical (unpaired) electrons. The highest BCUT2D eigenvalue weighted by Gasteiger charge is 2.12. The Balaban J connectivity index is 2.26. The van der Waals surface area contributed by atoms with Crippen molar-refractivity contribution in [3.05, 3.63) is 53.1 Å². The molecule has 0 fully saturated rings. The number of halogens is 1. The minimum Gasteiger partial charge on any atom is -0.388 e. The van der Waals surface area contributed by atoms with Gasteiger partial charge in [0.2, 0.25) is 5.95 Å². The predicted octanol–water partition coefficient (Wildman–Crippen LogP) is 2.73. The highest BCUT2D eigenvalue weighted by Crippen LogP contribution is 2.20. The minimum absolute atomic E-state index is 0.206. The smallest absolute Gasteiger partial charge is 0.224 e. The van der Waals surface area contributed by atoms with Crippen LogP contribution in [0.15, 0.2) is 30.3 Å². The second-order valence-electron chi connectivity index (χ2n) is 4.47. The number of hydrogen-bond acceptors (Lipinski definition) is 4. The van der Waals surface area contributed by atoms with E-state index < -0.39 is 0 Å². The molecule has 4 nitrogen and oxygen atoms in total. The summed E-state index contributed by atoms with van der Waals surface area (Å²) in [6.07, 6.45) is 0. The second-order valence-corrected chi connectivity index (χ2v) is 4.91. The standard InChI is InChI=1S/C14H15FN4S/c1-8-7-12(13(16)20)19-14(17-8)18-9(2)10-5-3-4-6-11(10)15/h3-7,9H,1-2H3,(H2,16,20)(H,17,18,19). The molecule has 2 rings (SSSR count). The van der Waals surface area contributed by atoms with Crippen LogP contribution in [0.4, 0.5) is 10.3 Å². The van der Waals surface area contributed by atoms with Crippen LogP contribution in [-0.4, -0.2) is 15.0 Å². The Kier molecular flexibility index (Phi) is 4.24. The number of nitrogens with two attached hydrogens (primary N) is 1. The predicted molar refractivity (Wildman–Crippen MR) is 81.1 cm³/mol. The summed E-state index contributed by atoms with van der Waals surface area (Å²) >= 11 is 4.91. The summed E-state index contributed by atoms with van der Waals surface area (Å²) < 4.78 is 13.7. The summed E-state index contributed by atoms with van der Waals surface area (Å²) in [5, 5.41) is 3.06. The summed E-state index contributed by atoms with van der Waals surface area (Å²) in [6, 6.07) is 8.02. The zero-order valence-electron chi connectivity index (χ0n) is 11.2. The average Bonchev–Trinajstić information content (AvgIpc) is 2.38. The number of aromatic nitrogens is 2. The van der Waals surface area contributed by atoms with Crippen molar-refractivity contribution in [2.45, 2.75) is 19.9 Å². The van der Waals surface area contributed by atoms with Gasteiger partial charge < -0.3 is 11.1 Å². The lowest BCUT2D eigenvalue weighted by atomic mass is 10.1. The number of nitrogens with one attached hydrogen (secondary N) is 1. The normalized spacial score (nSPS) is 11.9. The van der Waals surface area contributed by atoms with Crippen molar-refractivity contribution in [1.82, 2.24) is 9.97 Å². The molecule has 1 heterocycles. The van der Waals surface area contributed by atoms with E-state index >= 15 is 0 Å². The summed E-state index contributed by atoms with van der Waals surface area (Å²) in [5.41, 5.74) is 7.36. The molecule has 104 valence electrons. The quantitative estimate of drug-likeness (QED) is 0.848. The molecule has 0 aliphatic carbocycles. The van der Waals surface area contributed by atoms with Crippen LogP contribution in [0.5, 0.6) is 0 Å². The molecule has 0 amide bonds. The second kappa shape index (κ2) is 5.92. The van der Waals surface area contributed by atoms with Crippen molar-refractivity contribution in [2.75, 3.05) is 5.32 Å². The van der Waals surface area contributed by atoms with Gasteiger partial charge in [0.25, 0.3) is 0 Å². The van der Waals surface area contributed by atoms with E-state index in [1.165, 1.54) is 6.07 Å². The number of benzene rings is 1. The van der Waals surface area contributed by atoms with Gasteiger partial charge in [0.15, 0.2) is 0 Å². The molecular weight excluding hydrogens is 275 g/mol. The zero-order valence-corrected chi connectivity index (χ0v) is 12.0. The lowest BCUT2D eigenvalue weighted by Crippen LogP contribution is -2.16. The maximum atomic E-state index is 13.7. The Morgan fingerprint density at radius 3 is 2.70 bits per heavy atom. The van der Waals surface area contributed by atoms with E-state index in [0.29, 0.717) is 17.2 Å². The number of nitrogens with zero attached hydrogens (tertiary/aromatic N) is 2. The Morgan fingerprint density at radius 1 is 1.35 bits per heavy atom. The van der Waals surface area contributed by atoms with Gasteiger partial charge in [-0.25, -0.2) is 14.4 Å². The first-order valence-electron chi connectivity index (χ1n) is 6.14. The first-order valence-corrected chi connectivity index (χ1v) is 6.54. The van der Waals surface area contributed by atoms with Gasteiger partial charge in [-0.3, -0.25) is 0 Å². The van der Waals surface area contributed by atoms with Gasteiger partial charge in [-0.05, 0) is 26.0 Å². The van der Waals surface area contributed by atoms with Crippen molar-refractivity contribution in [1.29, 1.82) is 0 Å². The third-order valence-corrected chi connectivity index (χ3v) is 3.03. The van der Waals surface area contributed by atoms with Crippen LogP contribution in [0.25, 0.3) is 0 Å². The monoisotopic (exact) mass is 290 g/mol. The van der Waals surface area contributed by atoms with Gasteiger partial charge >= 0.3 is 0 Å². The number of rotatable bonds is 4. The molecule has 0 saturated heterocycles. The highest BCUT2D eigenvalue weighted by atomic mass is 32.1. The van der Waals surface area contributed by atoms with Crippen LogP contribution in [0.3, 0.4) is 0 Å². The van der Waals surface area contributed by atoms with Crippen LogP contribution in [0.2, 0.25) is 0 Å². The molecule has 1 unspecified atom stereocenters. The van der Waals surface area contributed by atoms with Gasteiger partial charge in [-0.15, -0.1) is 0 Å². The Hall–Kier alpha value is -2.08. The average molecular weight is 290 g/mol. The van der Waals surface area contributed by atoms with Crippen LogP contribution in [0.1, 0.15) is 29.9 Å². The molecule has 0 saturated carbocycles. The highest BCUT2D eigenvalue weighted by molar-refractivity contribution is 7.80. The van der Waals surface area contributed by atoms with Gasteiger partial charge in [-0.2, -0.15) is 0 Å². The number of thiocarbonyl (C=S) groups is 1. The maximum absolute atomic E-state index is 13.7.